The molecule has 0 spiro atoms. The highest BCUT2D eigenvalue weighted by Gasteiger charge is 2.21. The van der Waals surface area contributed by atoms with Crippen LogP contribution in [-0.2, 0) is 0 Å². The fourth-order valence-electron chi connectivity index (χ4n) is 4.72. The van der Waals surface area contributed by atoms with E-state index < -0.39 is 0 Å². The van der Waals surface area contributed by atoms with Crippen LogP contribution in [0, 0.1) is 0 Å². The van der Waals surface area contributed by atoms with Crippen molar-refractivity contribution in [2.45, 2.75) is 6.42 Å². The van der Waals surface area contributed by atoms with E-state index >= 15 is 0 Å². The van der Waals surface area contributed by atoms with Crippen LogP contribution in [-0.4, -0.2) is 89.5 Å². The zero-order valence-corrected chi connectivity index (χ0v) is 19.0. The van der Waals surface area contributed by atoms with Crippen LogP contribution >= 0.6 is 0 Å². The van der Waals surface area contributed by atoms with Gasteiger partial charge in [0.05, 0.1) is 25.6 Å². The predicted molar refractivity (Wildman–Crippen MR) is 128 cm³/mol. The molecule has 0 aromatic heterocycles. The monoisotopic (exact) mass is 424 g/mol. The van der Waals surface area contributed by atoms with Crippen molar-refractivity contribution in [1.29, 1.82) is 0 Å². The van der Waals surface area contributed by atoms with Crippen LogP contribution in [0.4, 0.5) is 11.4 Å². The number of anilines is 2. The molecule has 31 heavy (non-hydrogen) atoms. The summed E-state index contributed by atoms with van der Waals surface area (Å²) in [7, 11) is 3.51. The lowest BCUT2D eigenvalue weighted by Crippen LogP contribution is -2.48. The van der Waals surface area contributed by atoms with E-state index in [1.807, 2.05) is 12.1 Å². The van der Waals surface area contributed by atoms with E-state index in [2.05, 4.69) is 56.0 Å². The summed E-state index contributed by atoms with van der Waals surface area (Å²) in [5.74, 6) is 1.95. The van der Waals surface area contributed by atoms with Gasteiger partial charge in [0, 0.05) is 52.4 Å². The zero-order valence-electron chi connectivity index (χ0n) is 19.0. The standard InChI is InChI=1S/C25H36N4O2/c1-30-24-10-5-3-8-22(24)28-18-14-26(15-19-28)12-7-13-27-16-20-29(21-17-27)23-9-4-6-11-25(23)31-2/h3-6,8-11H,7,12-21H2,1-2H3. The lowest BCUT2D eigenvalue weighted by Gasteiger charge is -2.38. The van der Waals surface area contributed by atoms with Crippen molar-refractivity contribution in [3.63, 3.8) is 0 Å². The number of hydrogen-bond donors (Lipinski definition) is 0. The number of hydrogen-bond acceptors (Lipinski definition) is 6. The summed E-state index contributed by atoms with van der Waals surface area (Å²) in [5, 5.41) is 0. The van der Waals surface area contributed by atoms with Crippen molar-refractivity contribution in [2.75, 3.05) is 89.5 Å². The highest BCUT2D eigenvalue weighted by molar-refractivity contribution is 5.59. The van der Waals surface area contributed by atoms with Crippen molar-refractivity contribution in [3.05, 3.63) is 48.5 Å². The number of para-hydroxylation sites is 4. The fraction of sp³-hybridized carbons (Fsp3) is 0.520. The van der Waals surface area contributed by atoms with Crippen LogP contribution in [0.3, 0.4) is 0 Å². The number of nitrogens with zero attached hydrogens (tertiary/aromatic N) is 4. The maximum Gasteiger partial charge on any atom is 0.142 e. The molecular formula is C25H36N4O2. The largest absolute Gasteiger partial charge is 0.495 e. The molecule has 6 nitrogen and oxygen atoms in total. The lowest BCUT2D eigenvalue weighted by molar-refractivity contribution is 0.212. The van der Waals surface area contributed by atoms with E-state index in [0.29, 0.717) is 0 Å². The summed E-state index contributed by atoms with van der Waals surface area (Å²) < 4.78 is 11.1. The van der Waals surface area contributed by atoms with Gasteiger partial charge in [0.1, 0.15) is 11.5 Å². The second kappa shape index (κ2) is 10.7. The Morgan fingerprint density at radius 2 is 0.968 bits per heavy atom. The highest BCUT2D eigenvalue weighted by Crippen LogP contribution is 2.29. The molecule has 0 aliphatic carbocycles. The quantitative estimate of drug-likeness (QED) is 0.648. The Hall–Kier alpha value is -2.44. The van der Waals surface area contributed by atoms with Gasteiger partial charge in [-0.25, -0.2) is 0 Å². The molecule has 0 N–H and O–H groups in total. The second-order valence-corrected chi connectivity index (χ2v) is 8.35. The van der Waals surface area contributed by atoms with Crippen LogP contribution in [0.25, 0.3) is 0 Å². The molecule has 2 fully saturated rings. The maximum absolute atomic E-state index is 5.53. The van der Waals surface area contributed by atoms with E-state index in [-0.39, 0.29) is 0 Å². The van der Waals surface area contributed by atoms with Crippen molar-refractivity contribution in [2.24, 2.45) is 0 Å². The van der Waals surface area contributed by atoms with Crippen molar-refractivity contribution >= 4 is 11.4 Å². The molecule has 6 heteroatoms. The molecular weight excluding hydrogens is 388 g/mol. The molecule has 2 heterocycles. The second-order valence-electron chi connectivity index (χ2n) is 8.35. The average molecular weight is 425 g/mol. The van der Waals surface area contributed by atoms with Gasteiger partial charge in [-0.05, 0) is 43.8 Å². The summed E-state index contributed by atoms with van der Waals surface area (Å²) in [6, 6.07) is 16.7. The first-order chi connectivity index (χ1) is 15.3. The minimum Gasteiger partial charge on any atom is -0.495 e. The Balaban J connectivity index is 1.16. The molecule has 0 radical (unpaired) electrons. The molecule has 2 aromatic rings. The van der Waals surface area contributed by atoms with Gasteiger partial charge in [-0.1, -0.05) is 24.3 Å². The summed E-state index contributed by atoms with van der Waals surface area (Å²) in [6.45, 7) is 11.1. The first kappa shape index (κ1) is 21.8. The fourth-order valence-corrected chi connectivity index (χ4v) is 4.72. The maximum atomic E-state index is 5.53. The Bertz CT molecular complexity index is 747. The molecule has 0 amide bonds. The summed E-state index contributed by atoms with van der Waals surface area (Å²) in [5.41, 5.74) is 2.44. The first-order valence-electron chi connectivity index (χ1n) is 11.5. The third-order valence-corrected chi connectivity index (χ3v) is 6.54. The Kier molecular flexibility index (Phi) is 7.54. The van der Waals surface area contributed by atoms with Gasteiger partial charge >= 0.3 is 0 Å². The normalized spacial score (nSPS) is 18.3. The van der Waals surface area contributed by atoms with Crippen LogP contribution in [0.5, 0.6) is 11.5 Å². The topological polar surface area (TPSA) is 31.4 Å². The zero-order chi connectivity index (χ0) is 21.5. The van der Waals surface area contributed by atoms with Crippen molar-refractivity contribution < 1.29 is 9.47 Å². The van der Waals surface area contributed by atoms with Gasteiger partial charge in [0.25, 0.3) is 0 Å². The van der Waals surface area contributed by atoms with Crippen LogP contribution in [0.2, 0.25) is 0 Å². The third kappa shape index (κ3) is 5.43. The molecule has 2 aliphatic rings. The molecule has 0 bridgehead atoms. The predicted octanol–water partition coefficient (Wildman–Crippen LogP) is 3.04. The van der Waals surface area contributed by atoms with Gasteiger partial charge in [-0.2, -0.15) is 0 Å². The van der Waals surface area contributed by atoms with Crippen molar-refractivity contribution in [3.8, 4) is 11.5 Å². The van der Waals surface area contributed by atoms with E-state index in [1.54, 1.807) is 14.2 Å². The van der Waals surface area contributed by atoms with Crippen LogP contribution in [0.1, 0.15) is 6.42 Å². The smallest absolute Gasteiger partial charge is 0.142 e. The lowest BCUT2D eigenvalue weighted by atomic mass is 10.2. The molecule has 2 aliphatic heterocycles. The van der Waals surface area contributed by atoms with Gasteiger partial charge in [-0.3, -0.25) is 9.80 Å². The molecule has 2 aromatic carbocycles. The highest BCUT2D eigenvalue weighted by atomic mass is 16.5. The molecule has 0 saturated carbocycles. The summed E-state index contributed by atoms with van der Waals surface area (Å²) >= 11 is 0. The SMILES string of the molecule is COc1ccccc1N1CCN(CCCN2CCN(c3ccccc3OC)CC2)CC1. The first-order valence-corrected chi connectivity index (χ1v) is 11.5. The van der Waals surface area contributed by atoms with Gasteiger partial charge in [0.15, 0.2) is 0 Å². The van der Waals surface area contributed by atoms with Crippen LogP contribution < -0.4 is 19.3 Å². The number of piperazine rings is 2. The number of benzene rings is 2. The Morgan fingerprint density at radius 3 is 1.35 bits per heavy atom. The molecule has 0 atom stereocenters. The molecule has 168 valence electrons. The van der Waals surface area contributed by atoms with E-state index in [1.165, 1.54) is 30.9 Å². The van der Waals surface area contributed by atoms with Crippen molar-refractivity contribution in [1.82, 2.24) is 9.80 Å². The van der Waals surface area contributed by atoms with Gasteiger partial charge < -0.3 is 19.3 Å². The third-order valence-electron chi connectivity index (χ3n) is 6.54. The molecule has 4 rings (SSSR count). The van der Waals surface area contributed by atoms with Gasteiger partial charge in [0.2, 0.25) is 0 Å². The van der Waals surface area contributed by atoms with Crippen LogP contribution in [0.15, 0.2) is 48.5 Å². The average Bonchev–Trinajstić information content (AvgIpc) is 2.85. The summed E-state index contributed by atoms with van der Waals surface area (Å²) in [4.78, 5) is 10.1. The van der Waals surface area contributed by atoms with E-state index in [0.717, 1.165) is 63.9 Å². The summed E-state index contributed by atoms with van der Waals surface area (Å²) in [6.07, 6.45) is 1.24. The Morgan fingerprint density at radius 1 is 0.581 bits per heavy atom. The number of ether oxygens (including phenoxy) is 2. The van der Waals surface area contributed by atoms with Gasteiger partial charge in [-0.15, -0.1) is 0 Å². The molecule has 0 unspecified atom stereocenters. The minimum atomic E-state index is 0.975. The Labute approximate surface area is 186 Å². The number of rotatable bonds is 8. The molecule has 2 saturated heterocycles. The van der Waals surface area contributed by atoms with E-state index in [4.69, 9.17) is 9.47 Å². The van der Waals surface area contributed by atoms with E-state index in [9.17, 15) is 0 Å². The minimum absolute atomic E-state index is 0.975. The number of methoxy groups -OCH3 is 2.